The Bertz CT molecular complexity index is 907. The van der Waals surface area contributed by atoms with Gasteiger partial charge < -0.3 is 25.6 Å². The molecule has 0 unspecified atom stereocenters. The van der Waals surface area contributed by atoms with Crippen molar-refractivity contribution < 1.29 is 29.2 Å². The molecule has 3 fully saturated rings. The quantitative estimate of drug-likeness (QED) is 0.574. The third kappa shape index (κ3) is 5.53. The third-order valence-electron chi connectivity index (χ3n) is 6.41. The van der Waals surface area contributed by atoms with Gasteiger partial charge in [0, 0.05) is 46.1 Å². The molecule has 0 aromatic heterocycles. The smallest absolute Gasteiger partial charge is 0.414 e. The van der Waals surface area contributed by atoms with Crippen molar-refractivity contribution in [3.05, 3.63) is 24.0 Å². The van der Waals surface area contributed by atoms with Gasteiger partial charge >= 0.3 is 6.09 Å². The lowest BCUT2D eigenvalue weighted by atomic mass is 10.2. The van der Waals surface area contributed by atoms with E-state index in [1.807, 2.05) is 9.80 Å². The Morgan fingerprint density at radius 3 is 2.58 bits per heavy atom. The van der Waals surface area contributed by atoms with E-state index in [2.05, 4.69) is 16.0 Å². The van der Waals surface area contributed by atoms with Crippen LogP contribution in [-0.2, 0) is 14.3 Å². The number of cyclic esters (lactones) is 1. The summed E-state index contributed by atoms with van der Waals surface area (Å²) in [7, 11) is 0. The Morgan fingerprint density at radius 1 is 1.18 bits per heavy atom. The van der Waals surface area contributed by atoms with E-state index < -0.39 is 18.0 Å². The van der Waals surface area contributed by atoms with Crippen LogP contribution in [0.3, 0.4) is 0 Å². The Labute approximate surface area is 192 Å². The standard InChI is InChI=1S/C22H31FN6O4/c1-15(30)25-11-18-13-29(22(32)33-18)17-2-3-20(19(23)10-17)27-8-6-26(7-9-27)14-21(31)28-5-4-16(24)12-28/h2-3,10,16,18H,4-9,11-14,24H2,1H3,(H,25,30)/p+1/t16-,18+/m1/s1. The molecule has 3 aliphatic heterocycles. The molecule has 180 valence electrons. The first-order valence-corrected chi connectivity index (χ1v) is 11.4. The second kappa shape index (κ2) is 9.92. The molecule has 3 heterocycles. The molecule has 3 aliphatic rings. The minimum absolute atomic E-state index is 0.138. The van der Waals surface area contributed by atoms with Crippen molar-refractivity contribution in [1.29, 1.82) is 0 Å². The number of hydrogen-bond donors (Lipinski definition) is 2. The van der Waals surface area contributed by atoms with Gasteiger partial charge in [0.15, 0.2) is 0 Å². The van der Waals surface area contributed by atoms with Crippen LogP contribution >= 0.6 is 0 Å². The monoisotopic (exact) mass is 463 g/mol. The van der Waals surface area contributed by atoms with Crippen LogP contribution in [0.4, 0.5) is 20.6 Å². The number of rotatable bonds is 6. The maximum absolute atomic E-state index is 15.0. The first kappa shape index (κ1) is 23.2. The van der Waals surface area contributed by atoms with Crippen LogP contribution in [0.2, 0.25) is 0 Å². The molecule has 0 spiro atoms. The van der Waals surface area contributed by atoms with E-state index in [0.29, 0.717) is 50.1 Å². The normalized spacial score (nSPS) is 23.7. The topological polar surface area (TPSA) is 113 Å². The second-order valence-electron chi connectivity index (χ2n) is 8.95. The number of amides is 3. The van der Waals surface area contributed by atoms with Crippen LogP contribution in [0, 0.1) is 5.82 Å². The highest BCUT2D eigenvalue weighted by molar-refractivity contribution is 5.90. The molecular formula is C22H32FN6O4+. The fraction of sp³-hybridized carbons (Fsp3) is 0.591. The van der Waals surface area contributed by atoms with Gasteiger partial charge in [-0.15, -0.1) is 0 Å². The first-order valence-electron chi connectivity index (χ1n) is 11.4. The minimum Gasteiger partial charge on any atom is -0.442 e. The molecule has 10 nitrogen and oxygen atoms in total. The number of quaternary nitrogens is 1. The number of likely N-dealkylation sites (tertiary alicyclic amines) is 1. The number of ether oxygens (including phenoxy) is 1. The van der Waals surface area contributed by atoms with Gasteiger partial charge in [0.05, 0.1) is 37.6 Å². The lowest BCUT2D eigenvalue weighted by Crippen LogP contribution is -2.62. The van der Waals surface area contributed by atoms with Gasteiger partial charge in [-0.1, -0.05) is 0 Å². The summed E-state index contributed by atoms with van der Waals surface area (Å²) < 4.78 is 20.2. The van der Waals surface area contributed by atoms with Crippen molar-refractivity contribution in [3.8, 4) is 0 Å². The number of nitrogens with zero attached hydrogens (tertiary/aromatic N) is 4. The van der Waals surface area contributed by atoms with Crippen molar-refractivity contribution in [2.45, 2.75) is 25.5 Å². The zero-order valence-electron chi connectivity index (χ0n) is 19.0. The number of carbonyl (C=O) groups excluding carboxylic acids is 3. The van der Waals surface area contributed by atoms with Gasteiger partial charge in [0.1, 0.15) is 18.0 Å². The van der Waals surface area contributed by atoms with E-state index in [-0.39, 0.29) is 24.9 Å². The summed E-state index contributed by atoms with van der Waals surface area (Å²) in [6.07, 6.45) is -0.0705. The van der Waals surface area contributed by atoms with E-state index in [1.54, 1.807) is 12.1 Å². The molecule has 3 amide bonds. The number of anilines is 2. The van der Waals surface area contributed by atoms with Crippen LogP contribution in [-0.4, -0.2) is 98.8 Å². The zero-order chi connectivity index (χ0) is 23.5. The van der Waals surface area contributed by atoms with Gasteiger partial charge in [-0.25, -0.2) is 9.18 Å². The lowest BCUT2D eigenvalue weighted by molar-refractivity contribution is -0.413. The van der Waals surface area contributed by atoms with E-state index in [1.165, 1.54) is 17.9 Å². The molecule has 4 rings (SSSR count). The van der Waals surface area contributed by atoms with Crippen LogP contribution in [0.1, 0.15) is 13.3 Å². The Hall–Kier alpha value is -2.92. The number of carbonyl (C=O) groups is 3. The van der Waals surface area contributed by atoms with Crippen molar-refractivity contribution in [2.75, 3.05) is 68.7 Å². The Kier molecular flexibility index (Phi) is 6.99. The van der Waals surface area contributed by atoms with Crippen molar-refractivity contribution >= 4 is 29.3 Å². The van der Waals surface area contributed by atoms with Gasteiger partial charge in [-0.05, 0) is 18.2 Å². The van der Waals surface area contributed by atoms with E-state index in [4.69, 9.17) is 4.74 Å². The van der Waals surface area contributed by atoms with Crippen molar-refractivity contribution in [2.24, 2.45) is 0 Å². The van der Waals surface area contributed by atoms with Crippen LogP contribution in [0.15, 0.2) is 18.2 Å². The fourth-order valence-electron chi connectivity index (χ4n) is 4.51. The lowest BCUT2D eigenvalue weighted by Gasteiger charge is -2.36. The molecule has 1 aromatic carbocycles. The number of hydrogen-bond acceptors (Lipinski definition) is 6. The average Bonchev–Trinajstić information content (AvgIpc) is 3.38. The number of nitrogens with one attached hydrogen (secondary N) is 1. The van der Waals surface area contributed by atoms with Crippen LogP contribution < -0.4 is 20.9 Å². The molecule has 2 atom stereocenters. The van der Waals surface area contributed by atoms with E-state index >= 15 is 0 Å². The number of benzene rings is 1. The second-order valence-corrected chi connectivity index (χ2v) is 8.95. The van der Waals surface area contributed by atoms with Crippen LogP contribution in [0.5, 0.6) is 0 Å². The first-order chi connectivity index (χ1) is 15.8. The molecule has 0 aliphatic carbocycles. The predicted molar refractivity (Wildman–Crippen MR) is 119 cm³/mol. The highest BCUT2D eigenvalue weighted by Gasteiger charge is 2.33. The Morgan fingerprint density at radius 2 is 1.94 bits per heavy atom. The highest BCUT2D eigenvalue weighted by Crippen LogP contribution is 2.28. The predicted octanol–water partition coefficient (Wildman–Crippen LogP) is -0.748. The third-order valence-corrected chi connectivity index (χ3v) is 6.41. The van der Waals surface area contributed by atoms with E-state index in [0.717, 1.165) is 19.5 Å². The molecule has 0 radical (unpaired) electrons. The molecule has 3 saturated heterocycles. The average molecular weight is 464 g/mol. The molecule has 1 aromatic rings. The summed E-state index contributed by atoms with van der Waals surface area (Å²) in [5.41, 5.74) is 4.93. The zero-order valence-corrected chi connectivity index (χ0v) is 19.0. The molecule has 33 heavy (non-hydrogen) atoms. The Balaban J connectivity index is 1.30. The molecular weight excluding hydrogens is 431 g/mol. The SMILES string of the molecule is CC(=O)NC[C@H]1CN(c2ccc(N3CCN(CC(=O)N4CC[C@@H]([NH3+])C4)CC3)c(F)c2)C(=O)O1. The number of piperazine rings is 1. The van der Waals surface area contributed by atoms with Gasteiger partial charge in [0.2, 0.25) is 11.8 Å². The largest absolute Gasteiger partial charge is 0.442 e. The summed E-state index contributed by atoms with van der Waals surface area (Å²) in [5.74, 6) is -0.472. The molecule has 11 heteroatoms. The van der Waals surface area contributed by atoms with Crippen molar-refractivity contribution in [3.63, 3.8) is 0 Å². The summed E-state index contributed by atoms with van der Waals surface area (Å²) in [5, 5.41) is 2.62. The maximum Gasteiger partial charge on any atom is 0.414 e. The van der Waals surface area contributed by atoms with E-state index in [9.17, 15) is 18.8 Å². The van der Waals surface area contributed by atoms with Gasteiger partial charge in [-0.2, -0.15) is 0 Å². The minimum atomic E-state index is -0.557. The molecule has 4 N–H and O–H groups in total. The number of halogens is 1. The summed E-state index contributed by atoms with van der Waals surface area (Å²) in [4.78, 5) is 43.0. The highest BCUT2D eigenvalue weighted by atomic mass is 19.1. The maximum atomic E-state index is 15.0. The van der Waals surface area contributed by atoms with Crippen molar-refractivity contribution in [1.82, 2.24) is 15.1 Å². The summed E-state index contributed by atoms with van der Waals surface area (Å²) in [6, 6.07) is 5.05. The molecule has 0 saturated carbocycles. The van der Waals surface area contributed by atoms with Gasteiger partial charge in [-0.3, -0.25) is 19.4 Å². The van der Waals surface area contributed by atoms with Crippen LogP contribution in [0.25, 0.3) is 0 Å². The van der Waals surface area contributed by atoms with Gasteiger partial charge in [0.25, 0.3) is 0 Å². The summed E-state index contributed by atoms with van der Waals surface area (Å²) in [6.45, 7) is 6.35. The summed E-state index contributed by atoms with van der Waals surface area (Å²) >= 11 is 0. The fourth-order valence-corrected chi connectivity index (χ4v) is 4.51. The molecule has 0 bridgehead atoms.